The van der Waals surface area contributed by atoms with Crippen LogP contribution in [0.3, 0.4) is 0 Å². The Hall–Kier alpha value is -2.67. The van der Waals surface area contributed by atoms with Crippen molar-refractivity contribution in [3.05, 3.63) is 41.4 Å². The Morgan fingerprint density at radius 3 is 2.54 bits per heavy atom. The molecule has 0 fully saturated rings. The van der Waals surface area contributed by atoms with E-state index in [1.54, 1.807) is 18.5 Å². The largest absolute Gasteiger partial charge is 0.460 e. The number of H-pyrrole nitrogens is 1. The third kappa shape index (κ3) is 3.62. The highest BCUT2D eigenvalue weighted by molar-refractivity contribution is 6.33. The van der Waals surface area contributed by atoms with Gasteiger partial charge in [0, 0.05) is 18.0 Å². The number of aromatic nitrogens is 4. The van der Waals surface area contributed by atoms with Gasteiger partial charge in [-0.2, -0.15) is 0 Å². The van der Waals surface area contributed by atoms with Crippen LogP contribution in [0.4, 0.5) is 10.2 Å². The summed E-state index contributed by atoms with van der Waals surface area (Å²) >= 11 is 6.09. The monoisotopic (exact) mass is 375 g/mol. The van der Waals surface area contributed by atoms with Crippen LogP contribution in [-0.2, 0) is 0 Å². The summed E-state index contributed by atoms with van der Waals surface area (Å²) in [6.07, 6.45) is 5.00. The van der Waals surface area contributed by atoms with Gasteiger partial charge in [0.1, 0.15) is 23.6 Å². The Bertz CT molecular complexity index is 873. The number of ether oxygens (including phenoxy) is 1. The third-order valence-electron chi connectivity index (χ3n) is 4.03. The Balaban J connectivity index is 1.90. The fourth-order valence-electron chi connectivity index (χ4n) is 2.56. The molecule has 136 valence electrons. The van der Waals surface area contributed by atoms with Crippen LogP contribution in [0, 0.1) is 5.82 Å². The molecule has 0 atom stereocenters. The first-order valence-corrected chi connectivity index (χ1v) is 8.70. The number of nitrogen functional groups attached to an aromatic ring is 1. The fourth-order valence-corrected chi connectivity index (χ4v) is 2.81. The second-order valence-electron chi connectivity index (χ2n) is 5.75. The zero-order chi connectivity index (χ0) is 18.7. The van der Waals surface area contributed by atoms with Crippen molar-refractivity contribution in [3.8, 4) is 28.7 Å². The van der Waals surface area contributed by atoms with Gasteiger partial charge in [0.25, 0.3) is 0 Å². The van der Waals surface area contributed by atoms with E-state index >= 15 is 0 Å². The van der Waals surface area contributed by atoms with E-state index in [2.05, 4.69) is 19.9 Å². The van der Waals surface area contributed by atoms with Crippen molar-refractivity contribution >= 4 is 17.4 Å². The number of hydrogen-bond donors (Lipinski definition) is 2. The van der Waals surface area contributed by atoms with Crippen LogP contribution in [0.2, 0.25) is 5.02 Å². The molecule has 0 bridgehead atoms. The minimum absolute atomic E-state index is 0.0767. The molecule has 0 aliphatic carbocycles. The number of nitrogens with zero attached hydrogens (tertiary/aromatic N) is 3. The van der Waals surface area contributed by atoms with Gasteiger partial charge in [-0.25, -0.2) is 19.3 Å². The van der Waals surface area contributed by atoms with Gasteiger partial charge in [0.05, 0.1) is 16.3 Å². The summed E-state index contributed by atoms with van der Waals surface area (Å²) in [6, 6.07) is 4.73. The predicted molar refractivity (Wildman–Crippen MR) is 99.4 cm³/mol. The van der Waals surface area contributed by atoms with Crippen LogP contribution in [0.15, 0.2) is 30.6 Å². The van der Waals surface area contributed by atoms with Crippen molar-refractivity contribution in [1.82, 2.24) is 19.9 Å². The smallest absolute Gasteiger partial charge is 0.316 e. The minimum Gasteiger partial charge on any atom is -0.460 e. The number of anilines is 1. The molecule has 1 aromatic carbocycles. The highest BCUT2D eigenvalue weighted by Crippen LogP contribution is 2.32. The van der Waals surface area contributed by atoms with E-state index in [-0.39, 0.29) is 28.3 Å². The van der Waals surface area contributed by atoms with Crippen LogP contribution >= 0.6 is 11.6 Å². The Labute approximate surface area is 155 Å². The van der Waals surface area contributed by atoms with Crippen molar-refractivity contribution in [3.63, 3.8) is 0 Å². The molecule has 0 spiro atoms. The van der Waals surface area contributed by atoms with Crippen LogP contribution in [0.5, 0.6) is 6.01 Å². The second kappa shape index (κ2) is 7.70. The lowest BCUT2D eigenvalue weighted by molar-refractivity contribution is 0.176. The van der Waals surface area contributed by atoms with Gasteiger partial charge < -0.3 is 15.5 Å². The Morgan fingerprint density at radius 1 is 1.23 bits per heavy atom. The molecule has 0 amide bonds. The van der Waals surface area contributed by atoms with Gasteiger partial charge in [-0.05, 0) is 25.0 Å². The summed E-state index contributed by atoms with van der Waals surface area (Å²) in [5.41, 5.74) is 7.26. The summed E-state index contributed by atoms with van der Waals surface area (Å²) in [5.74, 6) is -0.0301. The number of imidazole rings is 1. The van der Waals surface area contributed by atoms with E-state index in [1.165, 1.54) is 12.1 Å². The van der Waals surface area contributed by atoms with Crippen molar-refractivity contribution in [2.75, 3.05) is 5.73 Å². The first-order valence-electron chi connectivity index (χ1n) is 8.32. The molecule has 26 heavy (non-hydrogen) atoms. The van der Waals surface area contributed by atoms with Crippen molar-refractivity contribution in [2.24, 2.45) is 0 Å². The van der Waals surface area contributed by atoms with Crippen molar-refractivity contribution in [2.45, 2.75) is 32.8 Å². The summed E-state index contributed by atoms with van der Waals surface area (Å²) in [7, 11) is 0. The summed E-state index contributed by atoms with van der Waals surface area (Å²) in [4.78, 5) is 15.6. The van der Waals surface area contributed by atoms with Crippen LogP contribution in [-0.4, -0.2) is 26.0 Å². The summed E-state index contributed by atoms with van der Waals surface area (Å²) in [6.45, 7) is 4.09. The lowest BCUT2D eigenvalue weighted by Crippen LogP contribution is -2.15. The van der Waals surface area contributed by atoms with Gasteiger partial charge in [0.15, 0.2) is 0 Å². The van der Waals surface area contributed by atoms with E-state index in [4.69, 9.17) is 22.1 Å². The molecule has 8 heteroatoms. The number of halogens is 2. The van der Waals surface area contributed by atoms with Gasteiger partial charge in [-0.15, -0.1) is 0 Å². The molecule has 2 aromatic heterocycles. The topological polar surface area (TPSA) is 89.7 Å². The fraction of sp³-hybridized carbons (Fsp3) is 0.278. The molecule has 0 radical (unpaired) electrons. The zero-order valence-electron chi connectivity index (χ0n) is 14.5. The van der Waals surface area contributed by atoms with Crippen LogP contribution in [0.25, 0.3) is 22.6 Å². The van der Waals surface area contributed by atoms with Gasteiger partial charge >= 0.3 is 6.01 Å². The highest BCUT2D eigenvalue weighted by Gasteiger charge is 2.17. The minimum atomic E-state index is -0.483. The van der Waals surface area contributed by atoms with Gasteiger partial charge in [-0.1, -0.05) is 31.5 Å². The van der Waals surface area contributed by atoms with E-state index in [9.17, 15) is 4.39 Å². The molecule has 0 aliphatic rings. The standard InChI is InChI=1S/C18H19ClFN5O/c1-3-11(4-2)26-18-22-8-10(9-23-18)15-16(21)25-17(24-15)14-12(19)6-5-7-13(14)20/h5-9,11H,3-4,21H2,1-2H3,(H,24,25). The van der Waals surface area contributed by atoms with Crippen LogP contribution in [0.1, 0.15) is 26.7 Å². The average Bonchev–Trinajstić information content (AvgIpc) is 3.01. The van der Waals surface area contributed by atoms with E-state index in [0.717, 1.165) is 12.8 Å². The second-order valence-corrected chi connectivity index (χ2v) is 6.16. The maximum atomic E-state index is 14.1. The molecule has 0 saturated carbocycles. The quantitative estimate of drug-likeness (QED) is 0.663. The molecule has 0 saturated heterocycles. The molecule has 3 aromatic rings. The maximum Gasteiger partial charge on any atom is 0.316 e. The lowest BCUT2D eigenvalue weighted by atomic mass is 10.2. The third-order valence-corrected chi connectivity index (χ3v) is 4.35. The SMILES string of the molecule is CCC(CC)Oc1ncc(-c2[nH]c(-c3c(F)cccc3Cl)nc2N)cn1. The Morgan fingerprint density at radius 2 is 1.92 bits per heavy atom. The zero-order valence-corrected chi connectivity index (χ0v) is 15.2. The lowest BCUT2D eigenvalue weighted by Gasteiger charge is -2.13. The first kappa shape index (κ1) is 18.1. The predicted octanol–water partition coefficient (Wildman–Crippen LogP) is 4.48. The summed E-state index contributed by atoms with van der Waals surface area (Å²) < 4.78 is 19.8. The number of rotatable bonds is 6. The van der Waals surface area contributed by atoms with Crippen molar-refractivity contribution in [1.29, 1.82) is 0 Å². The number of nitrogens with one attached hydrogen (secondary N) is 1. The number of nitrogens with two attached hydrogens (primary N) is 1. The first-order chi connectivity index (χ1) is 12.5. The highest BCUT2D eigenvalue weighted by atomic mass is 35.5. The number of aromatic amines is 1. The van der Waals surface area contributed by atoms with Gasteiger partial charge in [-0.3, -0.25) is 0 Å². The van der Waals surface area contributed by atoms with Crippen molar-refractivity contribution < 1.29 is 9.13 Å². The molecule has 0 aliphatic heterocycles. The number of benzene rings is 1. The van der Waals surface area contributed by atoms with E-state index in [1.807, 2.05) is 13.8 Å². The molecule has 6 nitrogen and oxygen atoms in total. The van der Waals surface area contributed by atoms with Gasteiger partial charge in [0.2, 0.25) is 0 Å². The van der Waals surface area contributed by atoms with E-state index < -0.39 is 5.82 Å². The normalized spacial score (nSPS) is 11.1. The molecule has 3 N–H and O–H groups in total. The molecule has 3 rings (SSSR count). The van der Waals surface area contributed by atoms with E-state index in [0.29, 0.717) is 17.3 Å². The number of hydrogen-bond acceptors (Lipinski definition) is 5. The summed E-state index contributed by atoms with van der Waals surface area (Å²) in [5, 5.41) is 0.246. The molecular formula is C18H19ClFN5O. The Kier molecular flexibility index (Phi) is 5.37. The average molecular weight is 376 g/mol. The molecule has 2 heterocycles. The molecular weight excluding hydrogens is 357 g/mol. The van der Waals surface area contributed by atoms with Crippen LogP contribution < -0.4 is 10.5 Å². The maximum absolute atomic E-state index is 14.1. The molecule has 0 unspecified atom stereocenters.